The predicted molar refractivity (Wildman–Crippen MR) is 121 cm³/mol. The van der Waals surface area contributed by atoms with Crippen molar-refractivity contribution in [2.75, 3.05) is 60.2 Å². The molecule has 1 saturated carbocycles. The molecule has 0 unspecified atom stereocenters. The van der Waals surface area contributed by atoms with E-state index < -0.39 is 0 Å². The van der Waals surface area contributed by atoms with E-state index in [9.17, 15) is 0 Å². The maximum atomic E-state index is 5.10. The fraction of sp³-hybridized carbons (Fsp3) is 0.850. The van der Waals surface area contributed by atoms with E-state index in [0.717, 1.165) is 69.0 Å². The van der Waals surface area contributed by atoms with Crippen LogP contribution in [0.5, 0.6) is 0 Å². The number of hydrogen-bond donors (Lipinski definition) is 2. The van der Waals surface area contributed by atoms with E-state index in [-0.39, 0.29) is 0 Å². The van der Waals surface area contributed by atoms with Gasteiger partial charge in [0.25, 0.3) is 0 Å². The largest absolute Gasteiger partial charge is 0.385 e. The fourth-order valence-corrected chi connectivity index (χ4v) is 4.35. The van der Waals surface area contributed by atoms with Crippen LogP contribution in [0.25, 0.3) is 0 Å². The van der Waals surface area contributed by atoms with Gasteiger partial charge < -0.3 is 24.8 Å². The molecular weight excluding hydrogens is 386 g/mol. The topological polar surface area (TPSA) is 79.6 Å². The van der Waals surface area contributed by atoms with Gasteiger partial charge in [0.05, 0.1) is 0 Å². The summed E-state index contributed by atoms with van der Waals surface area (Å²) in [5.41, 5.74) is 0. The molecule has 166 valence electrons. The van der Waals surface area contributed by atoms with Crippen LogP contribution >= 0.6 is 11.8 Å². The molecule has 0 spiro atoms. The Bertz CT molecular complexity index is 602. The van der Waals surface area contributed by atoms with E-state index in [1.165, 1.54) is 25.7 Å². The highest BCUT2D eigenvalue weighted by atomic mass is 32.2. The summed E-state index contributed by atoms with van der Waals surface area (Å²) in [6.07, 6.45) is 10.3. The number of aryl methyl sites for hydroxylation is 1. The van der Waals surface area contributed by atoms with Gasteiger partial charge in [0.2, 0.25) is 0 Å². The van der Waals surface area contributed by atoms with Gasteiger partial charge in [-0.25, -0.2) is 0 Å². The number of ether oxygens (including phenoxy) is 1. The van der Waals surface area contributed by atoms with Crippen molar-refractivity contribution in [3.05, 3.63) is 5.82 Å². The Labute approximate surface area is 180 Å². The van der Waals surface area contributed by atoms with Gasteiger partial charge in [-0.1, -0.05) is 24.6 Å². The van der Waals surface area contributed by atoms with Gasteiger partial charge in [0, 0.05) is 59.4 Å². The SMILES string of the molecule is CN=C(NCCCc1nnc(SC)n1C1CCCC1)NCCN(C)CCCOC. The molecule has 0 saturated heterocycles. The Balaban J connectivity index is 1.68. The van der Waals surface area contributed by atoms with E-state index in [4.69, 9.17) is 4.74 Å². The van der Waals surface area contributed by atoms with Crippen molar-refractivity contribution in [1.29, 1.82) is 0 Å². The highest BCUT2D eigenvalue weighted by Gasteiger charge is 2.23. The first kappa shape index (κ1) is 24.0. The monoisotopic (exact) mass is 425 g/mol. The van der Waals surface area contributed by atoms with Gasteiger partial charge in [-0.05, 0) is 39.0 Å². The molecule has 0 radical (unpaired) electrons. The lowest BCUT2D eigenvalue weighted by Gasteiger charge is -2.18. The number of guanidine groups is 1. The molecule has 1 aromatic heterocycles. The number of nitrogens with zero attached hydrogens (tertiary/aromatic N) is 5. The summed E-state index contributed by atoms with van der Waals surface area (Å²) in [5.74, 6) is 1.99. The molecule has 1 fully saturated rings. The van der Waals surface area contributed by atoms with Crippen LogP contribution in [0.1, 0.15) is 50.4 Å². The Morgan fingerprint density at radius 2 is 1.97 bits per heavy atom. The first-order chi connectivity index (χ1) is 14.2. The van der Waals surface area contributed by atoms with Crippen LogP contribution in [-0.2, 0) is 11.2 Å². The van der Waals surface area contributed by atoms with Crippen molar-refractivity contribution < 1.29 is 4.74 Å². The van der Waals surface area contributed by atoms with Gasteiger partial charge in [-0.15, -0.1) is 10.2 Å². The first-order valence-electron chi connectivity index (χ1n) is 10.8. The highest BCUT2D eigenvalue weighted by molar-refractivity contribution is 7.98. The molecule has 29 heavy (non-hydrogen) atoms. The quantitative estimate of drug-likeness (QED) is 0.217. The van der Waals surface area contributed by atoms with Crippen LogP contribution in [0.15, 0.2) is 10.1 Å². The molecule has 1 aliphatic carbocycles. The van der Waals surface area contributed by atoms with Crippen LogP contribution in [0, 0.1) is 0 Å². The Kier molecular flexibility index (Phi) is 11.4. The number of rotatable bonds is 13. The van der Waals surface area contributed by atoms with Crippen molar-refractivity contribution in [2.24, 2.45) is 4.99 Å². The molecule has 1 aliphatic rings. The zero-order chi connectivity index (χ0) is 20.9. The second kappa shape index (κ2) is 13.8. The Hall–Kier alpha value is -1.32. The number of methoxy groups -OCH3 is 1. The van der Waals surface area contributed by atoms with Crippen molar-refractivity contribution in [2.45, 2.75) is 56.1 Å². The van der Waals surface area contributed by atoms with Gasteiger partial charge in [0.1, 0.15) is 5.82 Å². The van der Waals surface area contributed by atoms with Gasteiger partial charge in [-0.3, -0.25) is 4.99 Å². The molecule has 8 nitrogen and oxygen atoms in total. The van der Waals surface area contributed by atoms with Crippen LogP contribution in [0.4, 0.5) is 0 Å². The summed E-state index contributed by atoms with van der Waals surface area (Å²) in [6.45, 7) is 4.58. The maximum absolute atomic E-state index is 5.10. The van der Waals surface area contributed by atoms with E-state index in [2.05, 4.69) is 48.6 Å². The summed E-state index contributed by atoms with van der Waals surface area (Å²) >= 11 is 1.70. The molecule has 0 bridgehead atoms. The van der Waals surface area contributed by atoms with E-state index >= 15 is 0 Å². The second-order valence-electron chi connectivity index (χ2n) is 7.59. The van der Waals surface area contributed by atoms with Crippen molar-refractivity contribution in [3.8, 4) is 0 Å². The average Bonchev–Trinajstić information content (AvgIpc) is 3.39. The van der Waals surface area contributed by atoms with Gasteiger partial charge in [-0.2, -0.15) is 0 Å². The Morgan fingerprint density at radius 3 is 2.66 bits per heavy atom. The number of likely N-dealkylation sites (N-methyl/N-ethyl adjacent to an activating group) is 1. The number of nitrogens with one attached hydrogen (secondary N) is 2. The fourth-order valence-electron chi connectivity index (χ4n) is 3.78. The molecule has 0 aliphatic heterocycles. The predicted octanol–water partition coefficient (Wildman–Crippen LogP) is 2.18. The summed E-state index contributed by atoms with van der Waals surface area (Å²) in [7, 11) is 5.70. The van der Waals surface area contributed by atoms with Gasteiger partial charge >= 0.3 is 0 Å². The van der Waals surface area contributed by atoms with Crippen molar-refractivity contribution in [3.63, 3.8) is 0 Å². The Morgan fingerprint density at radius 1 is 1.21 bits per heavy atom. The first-order valence-corrected chi connectivity index (χ1v) is 12.0. The lowest BCUT2D eigenvalue weighted by molar-refractivity contribution is 0.180. The van der Waals surface area contributed by atoms with Crippen molar-refractivity contribution in [1.82, 2.24) is 30.3 Å². The van der Waals surface area contributed by atoms with Gasteiger partial charge in [0.15, 0.2) is 11.1 Å². The maximum Gasteiger partial charge on any atom is 0.191 e. The smallest absolute Gasteiger partial charge is 0.191 e. The molecule has 0 atom stereocenters. The zero-order valence-electron chi connectivity index (χ0n) is 18.6. The summed E-state index contributed by atoms with van der Waals surface area (Å²) in [5, 5.41) is 16.7. The highest BCUT2D eigenvalue weighted by Crippen LogP contribution is 2.33. The molecule has 0 amide bonds. The molecule has 1 aromatic rings. The molecule has 2 rings (SSSR count). The third-order valence-electron chi connectivity index (χ3n) is 5.38. The molecule has 1 heterocycles. The summed E-state index contributed by atoms with van der Waals surface area (Å²) in [6, 6.07) is 0.589. The van der Waals surface area contributed by atoms with Crippen LogP contribution in [0.3, 0.4) is 0 Å². The van der Waals surface area contributed by atoms with Crippen LogP contribution in [0.2, 0.25) is 0 Å². The van der Waals surface area contributed by atoms with Crippen molar-refractivity contribution >= 4 is 17.7 Å². The number of aliphatic imine (C=N–C) groups is 1. The number of thioether (sulfide) groups is 1. The molecule has 9 heteroatoms. The zero-order valence-corrected chi connectivity index (χ0v) is 19.4. The standard InChI is InChI=1S/C20H39N7OS/c1-21-19(23-13-15-26(2)14-8-16-28-3)22-12-7-11-18-24-25-20(29-4)27(18)17-9-5-6-10-17/h17H,5-16H2,1-4H3,(H2,21,22,23). The molecular formula is C20H39N7OS. The van der Waals surface area contributed by atoms with E-state index in [0.29, 0.717) is 6.04 Å². The number of aromatic nitrogens is 3. The number of hydrogen-bond acceptors (Lipinski definition) is 6. The van der Waals surface area contributed by atoms with Crippen LogP contribution < -0.4 is 10.6 Å². The lowest BCUT2D eigenvalue weighted by Crippen LogP contribution is -2.41. The molecule has 0 aromatic carbocycles. The minimum Gasteiger partial charge on any atom is -0.385 e. The summed E-state index contributed by atoms with van der Waals surface area (Å²) in [4.78, 5) is 6.63. The van der Waals surface area contributed by atoms with E-state index in [1.54, 1.807) is 18.9 Å². The molecule has 2 N–H and O–H groups in total. The third-order valence-corrected chi connectivity index (χ3v) is 6.02. The summed E-state index contributed by atoms with van der Waals surface area (Å²) < 4.78 is 7.49. The van der Waals surface area contributed by atoms with Crippen LogP contribution in [-0.4, -0.2) is 85.9 Å². The lowest BCUT2D eigenvalue weighted by atomic mass is 10.2. The van der Waals surface area contributed by atoms with E-state index in [1.807, 2.05) is 7.05 Å². The minimum absolute atomic E-state index is 0.589. The average molecular weight is 426 g/mol. The second-order valence-corrected chi connectivity index (χ2v) is 8.36. The minimum atomic E-state index is 0.589. The normalized spacial score (nSPS) is 15.4. The third kappa shape index (κ3) is 8.14.